The number of esters is 1. The van der Waals surface area contributed by atoms with E-state index in [1.807, 2.05) is 26.0 Å². The van der Waals surface area contributed by atoms with Crippen LogP contribution in [-0.2, 0) is 25.6 Å². The number of carbonyl (C=O) groups is 4. The van der Waals surface area contributed by atoms with Crippen molar-refractivity contribution in [1.82, 2.24) is 10.6 Å². The van der Waals surface area contributed by atoms with E-state index in [9.17, 15) is 14.4 Å². The first-order valence-corrected chi connectivity index (χ1v) is 13.6. The largest absolute Gasteiger partial charge is 0.480 e. The lowest BCUT2D eigenvalue weighted by Gasteiger charge is -2.37. The van der Waals surface area contributed by atoms with Gasteiger partial charge in [0.2, 0.25) is 0 Å². The van der Waals surface area contributed by atoms with Gasteiger partial charge in [-0.15, -0.1) is 0 Å². The number of aliphatic carboxylic acids is 1. The van der Waals surface area contributed by atoms with Crippen LogP contribution in [-0.4, -0.2) is 61.8 Å². The number of fused-ring (bicyclic) bond motifs is 1. The Morgan fingerprint density at radius 3 is 2.24 bits per heavy atom. The molecule has 0 radical (unpaired) electrons. The van der Waals surface area contributed by atoms with Crippen LogP contribution < -0.4 is 21.1 Å². The van der Waals surface area contributed by atoms with E-state index in [0.717, 1.165) is 38.3 Å². The normalized spacial score (nSPS) is 19.4. The van der Waals surface area contributed by atoms with Crippen molar-refractivity contribution in [2.24, 2.45) is 17.6 Å². The van der Waals surface area contributed by atoms with Gasteiger partial charge in [0.15, 0.2) is 0 Å². The zero-order valence-electron chi connectivity index (χ0n) is 24.2. The van der Waals surface area contributed by atoms with Crippen molar-refractivity contribution < 1.29 is 29.0 Å². The maximum atomic E-state index is 12.4. The molecule has 0 fully saturated rings. The van der Waals surface area contributed by atoms with Crippen LogP contribution in [0.15, 0.2) is 18.2 Å². The minimum absolute atomic E-state index is 0.146. The molecule has 0 aliphatic heterocycles. The molecular formula is C29H49N3O6. The number of benzene rings is 1. The number of carboxylic acids is 1. The molecule has 9 heteroatoms. The van der Waals surface area contributed by atoms with E-state index >= 15 is 0 Å². The quantitative estimate of drug-likeness (QED) is 0.179. The number of aldehydes is 2. The van der Waals surface area contributed by atoms with Crippen molar-refractivity contribution in [3.05, 3.63) is 29.3 Å². The minimum atomic E-state index is -0.785. The summed E-state index contributed by atoms with van der Waals surface area (Å²) in [4.78, 5) is 42.0. The van der Waals surface area contributed by atoms with Gasteiger partial charge in [0, 0.05) is 12.5 Å². The van der Waals surface area contributed by atoms with Crippen molar-refractivity contribution in [3.8, 4) is 5.75 Å². The Kier molecular flexibility index (Phi) is 18.1. The lowest BCUT2D eigenvalue weighted by atomic mass is 9.71. The highest BCUT2D eigenvalue weighted by molar-refractivity contribution is 5.78. The Balaban J connectivity index is 0.000000956. The summed E-state index contributed by atoms with van der Waals surface area (Å²) in [6.07, 6.45) is 6.52. The number of likely N-dealkylation sites (N-methyl/N-ethyl adjacent to an activating group) is 2. The second-order valence-electron chi connectivity index (χ2n) is 9.80. The summed E-state index contributed by atoms with van der Waals surface area (Å²) >= 11 is 0. The van der Waals surface area contributed by atoms with Gasteiger partial charge in [-0.1, -0.05) is 46.6 Å². The summed E-state index contributed by atoms with van der Waals surface area (Å²) in [7, 11) is 3.35. The molecule has 9 nitrogen and oxygen atoms in total. The molecule has 2 rings (SSSR count). The standard InChI is InChI=1S/C21H32N2O3.C6H13NO2.C2H4O/c1-4-7-17-18-13-16(26-21(25)19(23-3)8-6-11-24)10-9-15(18)12-14(5-2)20(17)22;1-4(2)5(7-3)6(8)9;1-2-3/h9-11,13-14,17,19-20,23H,4-8,12,22H2,1-3H3;4-5,7H,1-3H3,(H,8,9);2H,1H3/t14-,17+,19-,20-;;/m0../s1. The zero-order chi connectivity index (χ0) is 29.3. The van der Waals surface area contributed by atoms with Gasteiger partial charge in [0.25, 0.3) is 0 Å². The van der Waals surface area contributed by atoms with Crippen molar-refractivity contribution in [1.29, 1.82) is 0 Å². The van der Waals surface area contributed by atoms with E-state index in [4.69, 9.17) is 20.4 Å². The highest BCUT2D eigenvalue weighted by atomic mass is 16.5. The van der Waals surface area contributed by atoms with Crippen LogP contribution >= 0.6 is 0 Å². The monoisotopic (exact) mass is 535 g/mol. The van der Waals surface area contributed by atoms with Crippen molar-refractivity contribution in [3.63, 3.8) is 0 Å². The van der Waals surface area contributed by atoms with Gasteiger partial charge in [0.05, 0.1) is 0 Å². The summed E-state index contributed by atoms with van der Waals surface area (Å²) in [5.41, 5.74) is 9.11. The zero-order valence-corrected chi connectivity index (χ0v) is 24.2. The lowest BCUT2D eigenvalue weighted by molar-refractivity contribution is -0.140. The first kappa shape index (κ1) is 35.4. The molecule has 5 atom stereocenters. The molecule has 1 aromatic carbocycles. The number of carbonyl (C=O) groups excluding carboxylic acids is 3. The Morgan fingerprint density at radius 1 is 1.18 bits per heavy atom. The Bertz CT molecular complexity index is 861. The Morgan fingerprint density at radius 2 is 1.82 bits per heavy atom. The number of nitrogens with one attached hydrogen (secondary N) is 2. The summed E-state index contributed by atoms with van der Waals surface area (Å²) in [6, 6.07) is 5.20. The lowest BCUT2D eigenvalue weighted by Crippen LogP contribution is -2.41. The summed E-state index contributed by atoms with van der Waals surface area (Å²) in [5.74, 6) is 0.378. The SMILES string of the molecule is CC=O.CCC[C@@H]1c2cc(OC(=O)[C@H](CCC=O)NC)ccc2C[C@H](CC)[C@@H]1N.CNC(C(=O)O)C(C)C. The topological polar surface area (TPSA) is 148 Å². The number of hydrogen-bond acceptors (Lipinski definition) is 8. The summed E-state index contributed by atoms with van der Waals surface area (Å²) < 4.78 is 5.59. The molecule has 0 heterocycles. The summed E-state index contributed by atoms with van der Waals surface area (Å²) in [5, 5.41) is 14.1. The Hall–Kier alpha value is -2.62. The fourth-order valence-corrected chi connectivity index (χ4v) is 4.74. The fourth-order valence-electron chi connectivity index (χ4n) is 4.74. The van der Waals surface area contributed by atoms with Crippen LogP contribution in [0.4, 0.5) is 0 Å². The van der Waals surface area contributed by atoms with E-state index < -0.39 is 18.1 Å². The van der Waals surface area contributed by atoms with Gasteiger partial charge in [-0.25, -0.2) is 4.79 Å². The maximum absolute atomic E-state index is 12.4. The fraction of sp³-hybridized carbons (Fsp3) is 0.655. The molecule has 38 heavy (non-hydrogen) atoms. The predicted octanol–water partition coefficient (Wildman–Crippen LogP) is 3.47. The molecule has 0 spiro atoms. The van der Waals surface area contributed by atoms with Gasteiger partial charge in [-0.05, 0) is 81.3 Å². The molecule has 0 aromatic heterocycles. The number of hydrogen-bond donors (Lipinski definition) is 4. The van der Waals surface area contributed by atoms with Gasteiger partial charge in [-0.3, -0.25) is 4.79 Å². The first-order valence-electron chi connectivity index (χ1n) is 13.6. The maximum Gasteiger partial charge on any atom is 0.328 e. The van der Waals surface area contributed by atoms with Crippen molar-refractivity contribution in [2.75, 3.05) is 14.1 Å². The third-order valence-electron chi connectivity index (χ3n) is 6.80. The highest BCUT2D eigenvalue weighted by Gasteiger charge is 2.33. The molecule has 1 aliphatic rings. The number of rotatable bonds is 12. The minimum Gasteiger partial charge on any atom is -0.480 e. The van der Waals surface area contributed by atoms with Crippen LogP contribution in [0.2, 0.25) is 0 Å². The average molecular weight is 536 g/mol. The molecule has 0 amide bonds. The molecule has 1 aliphatic carbocycles. The van der Waals surface area contributed by atoms with E-state index in [1.54, 1.807) is 14.1 Å². The van der Waals surface area contributed by atoms with E-state index in [-0.39, 0.29) is 17.9 Å². The second kappa shape index (κ2) is 19.4. The average Bonchev–Trinajstić information content (AvgIpc) is 2.87. The molecule has 0 saturated heterocycles. The van der Waals surface area contributed by atoms with Crippen LogP contribution in [0.3, 0.4) is 0 Å². The molecule has 0 bridgehead atoms. The van der Waals surface area contributed by atoms with Crippen LogP contribution in [0.25, 0.3) is 0 Å². The number of ether oxygens (including phenoxy) is 1. The number of carboxylic acid groups (broad SMARTS) is 1. The van der Waals surface area contributed by atoms with Crippen LogP contribution in [0.5, 0.6) is 5.75 Å². The first-order chi connectivity index (χ1) is 18.1. The van der Waals surface area contributed by atoms with E-state index in [0.29, 0.717) is 30.4 Å². The Labute approximate surface area is 228 Å². The molecule has 0 saturated carbocycles. The summed E-state index contributed by atoms with van der Waals surface area (Å²) in [6.45, 7) is 9.56. The van der Waals surface area contributed by atoms with Gasteiger partial charge in [-0.2, -0.15) is 0 Å². The number of nitrogens with two attached hydrogens (primary N) is 1. The molecular weight excluding hydrogens is 486 g/mol. The third kappa shape index (κ3) is 11.4. The molecule has 5 N–H and O–H groups in total. The smallest absolute Gasteiger partial charge is 0.328 e. The van der Waals surface area contributed by atoms with Crippen LogP contribution in [0.1, 0.15) is 83.8 Å². The van der Waals surface area contributed by atoms with Crippen LogP contribution in [0, 0.1) is 11.8 Å². The highest BCUT2D eigenvalue weighted by Crippen LogP contribution is 2.39. The molecule has 1 aromatic rings. The third-order valence-corrected chi connectivity index (χ3v) is 6.80. The van der Waals surface area contributed by atoms with E-state index in [2.05, 4.69) is 30.5 Å². The second-order valence-corrected chi connectivity index (χ2v) is 9.80. The van der Waals surface area contributed by atoms with Gasteiger partial charge in [0.1, 0.15) is 30.4 Å². The van der Waals surface area contributed by atoms with Crippen molar-refractivity contribution >= 4 is 24.5 Å². The van der Waals surface area contributed by atoms with Gasteiger partial charge >= 0.3 is 11.9 Å². The van der Waals surface area contributed by atoms with Crippen molar-refractivity contribution in [2.45, 2.75) is 97.2 Å². The molecule has 216 valence electrons. The molecule has 1 unspecified atom stereocenters. The van der Waals surface area contributed by atoms with Gasteiger partial charge < -0.3 is 35.8 Å². The predicted molar refractivity (Wildman–Crippen MR) is 150 cm³/mol. The van der Waals surface area contributed by atoms with E-state index in [1.165, 1.54) is 18.1 Å².